The summed E-state index contributed by atoms with van der Waals surface area (Å²) in [7, 11) is 7.05. The monoisotopic (exact) mass is 1820 g/mol. The fraction of sp³-hybridized carbons (Fsp3) is 0.700. The van der Waals surface area contributed by atoms with E-state index in [1.807, 2.05) is 95.5 Å². The minimum absolute atomic E-state index is 0. The van der Waals surface area contributed by atoms with Crippen LogP contribution in [0, 0.1) is 18.4 Å². The summed E-state index contributed by atoms with van der Waals surface area (Å²) in [4.78, 5) is 62.2. The number of esters is 1. The smallest absolute Gasteiger partial charge is 1.00 e. The molecular formula is C80H143ClIMgN3O29Si. The number of allylic oxidation sites excluding steroid dienone is 2. The van der Waals surface area contributed by atoms with Crippen LogP contribution in [0.1, 0.15) is 181 Å². The molecule has 0 spiro atoms. The fourth-order valence-corrected chi connectivity index (χ4v) is 11.1. The van der Waals surface area contributed by atoms with Gasteiger partial charge in [0.15, 0.2) is 29.4 Å². The maximum absolute atomic E-state index is 11.8. The topological polar surface area (TPSA) is 403 Å². The number of aldehydes is 1. The number of halogens is 2. The number of rotatable bonds is 23. The number of Topliss-reactive ketones (excluding diaryl/α,β-unsaturated/α-hetero) is 1. The third-order valence-corrected chi connectivity index (χ3v) is 18.7. The van der Waals surface area contributed by atoms with Crippen LogP contribution in [0.3, 0.4) is 0 Å². The third kappa shape index (κ3) is 45.5. The minimum Gasteiger partial charge on any atom is -1.00 e. The van der Waals surface area contributed by atoms with Crippen LogP contribution in [0.15, 0.2) is 110 Å². The Kier molecular flexibility index (Phi) is 55.5. The number of cyclic esters (lactones) is 1. The summed E-state index contributed by atoms with van der Waals surface area (Å²) in [6, 6.07) is 2.21. The van der Waals surface area contributed by atoms with Gasteiger partial charge in [-0.15, -0.1) is 19.7 Å². The summed E-state index contributed by atoms with van der Waals surface area (Å²) in [5.74, 6) is -1.23. The summed E-state index contributed by atoms with van der Waals surface area (Å²) in [5.41, 5.74) is -1.83. The average molecular weight is 1830 g/mol. The Hall–Kier alpha value is -4.32. The van der Waals surface area contributed by atoms with Crippen LogP contribution >= 0.6 is 0 Å². The van der Waals surface area contributed by atoms with Crippen molar-refractivity contribution in [3.63, 3.8) is 0 Å². The third-order valence-electron chi connectivity index (χ3n) is 17.3. The molecule has 32 nitrogen and oxygen atoms in total. The van der Waals surface area contributed by atoms with Crippen molar-refractivity contribution in [3.8, 4) is 0 Å². The van der Waals surface area contributed by atoms with Crippen LogP contribution in [0.4, 0.5) is 0 Å². The molecule has 7 heterocycles. The van der Waals surface area contributed by atoms with Gasteiger partial charge in [-0.3, -0.25) is 31.3 Å². The van der Waals surface area contributed by atoms with E-state index in [-0.39, 0.29) is 85.9 Å². The summed E-state index contributed by atoms with van der Waals surface area (Å²) >= 11 is -5.74. The molecule has 3 N–H and O–H groups in total. The fourth-order valence-electron chi connectivity index (χ4n) is 10.1. The van der Waals surface area contributed by atoms with Gasteiger partial charge in [0.25, 0.3) is 5.95 Å². The van der Waals surface area contributed by atoms with Crippen molar-refractivity contribution < 1.29 is 169 Å². The van der Waals surface area contributed by atoms with Crippen LogP contribution in [0.25, 0.3) is 0 Å². The van der Waals surface area contributed by atoms with E-state index >= 15 is 0 Å². The van der Waals surface area contributed by atoms with Crippen LogP contribution in [0.5, 0.6) is 0 Å². The summed E-state index contributed by atoms with van der Waals surface area (Å²) in [6.45, 7) is 74.1. The summed E-state index contributed by atoms with van der Waals surface area (Å²) in [6.07, 6.45) is 12.1. The Morgan fingerprint density at radius 1 is 0.759 bits per heavy atom. The molecule has 36 heteroatoms. The van der Waals surface area contributed by atoms with Crippen molar-refractivity contribution >= 4 is 55.9 Å². The maximum Gasteiger partial charge on any atom is 2.00 e. The standard InChI is InChI=1S/C15H24O5.C12H22O3Si.C11H21NO4.C10H18O3.C9H16O3.C8H12N2.C7H12O3.C6H10O2.C2H3.ClH.HIO6.Mg.2H2/c1-8-15(6,18-7)12(16)9(2)11-10(3)13(17)20-14(4,5)19-11;1-8-10-9(2)11(15-16(5,6)7)14-12(3,4)13-10;1-8-5-11(12(3)4)10(9(2)16-8)6-14-15-7-13;1-6-10(4,11-5)8-7-12-9(2,3)13-8;1-5-9(4,10)7-6-11-8(2,3)12-7;1-8(2,3)7-9-5-4-6-10-7;1-5(8)6-4-9-7(2,3)10-6;1-4-6(2,5-7)8-3;1-2;;2-1(3,4)6-7-5;;;/h8-9,12,16H,1H2,2-7H3;8H,1-7H3;7-11H,5-6H2,1-4H3;6,8H,1,7H2,2-5H3;5,7,10H,1,6H2,2-4H3;4-6H,1-3H3;6H,4H2,1-3H3;4-5H,1H2,2-3H3;1H,2H2;1H;5H;;2*1H/q;;;;;;;;-1;;;+2;;/p-1/b;10-8-;;;;;;;;;;;;/t9-,12+,15+;;8-,9?,10+,11?;8-,10-;7-,9-;;2*6-;;;;;;/m0.111.11....../s1. The minimum atomic E-state index is -5.74. The van der Waals surface area contributed by atoms with Gasteiger partial charge in [-0.25, -0.2) is 20.0 Å². The van der Waals surface area contributed by atoms with Gasteiger partial charge in [0.05, 0.1) is 49.3 Å². The molecule has 6 aliphatic rings. The summed E-state index contributed by atoms with van der Waals surface area (Å²) in [5, 5.41) is 29.9. The normalized spacial score (nSPS) is 24.6. The molecule has 0 saturated carbocycles. The number of methoxy groups -OCH3 is 3. The molecule has 0 radical (unpaired) electrons. The van der Waals surface area contributed by atoms with Crippen molar-refractivity contribution in [2.45, 2.75) is 292 Å². The molecule has 0 bridgehead atoms. The van der Waals surface area contributed by atoms with Crippen LogP contribution in [0.2, 0.25) is 19.6 Å². The molecule has 6 aliphatic heterocycles. The Bertz CT molecular complexity index is 3190. The maximum atomic E-state index is 11.8. The number of hydrogen-bond acceptors (Lipinski definition) is 32. The van der Waals surface area contributed by atoms with E-state index in [1.165, 1.54) is 39.4 Å². The molecule has 116 heavy (non-hydrogen) atoms. The van der Waals surface area contributed by atoms with Gasteiger partial charge < -0.3 is 110 Å². The molecule has 672 valence electrons. The quantitative estimate of drug-likeness (QED) is 0.0161. The van der Waals surface area contributed by atoms with Gasteiger partial charge in [-0.05, 0) is 163 Å². The first-order valence-electron chi connectivity index (χ1n) is 36.7. The number of nitrogens with zero attached hydrogens (tertiary/aromatic N) is 3. The molecule has 4 fully saturated rings. The van der Waals surface area contributed by atoms with E-state index < -0.39 is 97.7 Å². The van der Waals surface area contributed by atoms with Gasteiger partial charge in [0, 0.05) is 92.6 Å². The second kappa shape index (κ2) is 53.6. The molecule has 7 rings (SSSR count). The number of aliphatic hydroxyl groups is 2. The largest absolute Gasteiger partial charge is 2.00 e. The van der Waals surface area contributed by atoms with Crippen LogP contribution < -0.4 is 42.8 Å². The van der Waals surface area contributed by atoms with Crippen molar-refractivity contribution in [2.75, 3.05) is 61.9 Å². The Labute approximate surface area is 723 Å². The van der Waals surface area contributed by atoms with Crippen molar-refractivity contribution in [1.29, 1.82) is 0 Å². The molecule has 13 atom stereocenters. The average Bonchev–Trinajstić information content (AvgIpc) is 1.13. The number of carbonyl (C=O) groups is 4. The second-order valence-corrected chi connectivity index (χ2v) is 38.7. The van der Waals surface area contributed by atoms with Crippen LogP contribution in [-0.2, 0) is 113 Å². The SMILES string of the molecule is C/C=C1\OC(C)(C)OC(O[Si](C)(C)C)=C1C.C=C[C@@](C)(O)[C@H]1COC(C)(C)O1.C=C[C@@](C)(OC)[C@H](O)[C@@H](C)C1=C(C)C(=O)OC(C)(C)O1.C=C[C@@](C)(OC)[C@H]1COC(C)(C)O1.C=C[C@](C)(C=O)OC.CC(=O)[C@H]1COC(C)(C)O1.CC(C)(C)c1ncccn1.CC1O[C@H](C)CC(N(C)C)[C@H]1COOC=O.[CH-]=C.[Cl-].[HH].[HH].[Mg+2].[O-][I+3]([O-])([O-])OOO. The predicted molar refractivity (Wildman–Crippen MR) is 430 cm³/mol. The number of ether oxygens (including phenoxy) is 14. The molecule has 2 unspecified atom stereocenters. The number of ketones is 1. The number of aliphatic hydroxyl groups excluding tert-OH is 1. The van der Waals surface area contributed by atoms with E-state index in [0.29, 0.717) is 62.5 Å². The molecule has 0 aromatic carbocycles. The first-order chi connectivity index (χ1) is 51.9. The first-order valence-corrected chi connectivity index (χ1v) is 43.6. The van der Waals surface area contributed by atoms with E-state index in [0.717, 1.165) is 23.6 Å². The zero-order valence-electron chi connectivity index (χ0n) is 74.9. The van der Waals surface area contributed by atoms with Gasteiger partial charge in [-0.1, -0.05) is 58.6 Å². The molecule has 1 aromatic rings. The van der Waals surface area contributed by atoms with Gasteiger partial charge in [0.1, 0.15) is 64.7 Å². The Morgan fingerprint density at radius 2 is 1.25 bits per heavy atom. The van der Waals surface area contributed by atoms with E-state index in [1.54, 1.807) is 87.9 Å². The van der Waals surface area contributed by atoms with Crippen molar-refractivity contribution in [1.82, 2.24) is 14.9 Å². The second-order valence-electron chi connectivity index (χ2n) is 31.8. The van der Waals surface area contributed by atoms with Crippen LogP contribution in [-0.4, -0.2) is 242 Å². The molecule has 0 aliphatic carbocycles. The Balaban J connectivity index is -0.000000237. The van der Waals surface area contributed by atoms with Crippen molar-refractivity contribution in [3.05, 3.63) is 123 Å². The molecule has 1 aromatic heterocycles. The van der Waals surface area contributed by atoms with Gasteiger partial charge in [-0.2, -0.15) is 4.89 Å². The van der Waals surface area contributed by atoms with E-state index in [4.69, 9.17) is 80.9 Å². The first kappa shape index (κ1) is 120. The molecular weight excluding hydrogens is 1680 g/mol. The van der Waals surface area contributed by atoms with Gasteiger partial charge >= 0.3 is 55.6 Å². The zero-order valence-corrected chi connectivity index (χ0v) is 80.2. The molecule has 4 saturated heterocycles. The van der Waals surface area contributed by atoms with E-state index in [2.05, 4.69) is 115 Å². The van der Waals surface area contributed by atoms with E-state index in [9.17, 15) is 39.7 Å². The van der Waals surface area contributed by atoms with Gasteiger partial charge in [0.2, 0.25) is 23.1 Å². The summed E-state index contributed by atoms with van der Waals surface area (Å²) < 4.78 is 112. The number of aromatic nitrogens is 2. The Morgan fingerprint density at radius 3 is 1.57 bits per heavy atom. The predicted octanol–water partition coefficient (Wildman–Crippen LogP) is 3.86. The number of hydrogen-bond donors (Lipinski definition) is 3. The number of carbonyl (C=O) groups excluding carboxylic acids is 4. The van der Waals surface area contributed by atoms with Crippen molar-refractivity contribution in [2.24, 2.45) is 11.8 Å². The molecule has 0 amide bonds. The zero-order chi connectivity index (χ0) is 89.8.